The van der Waals surface area contributed by atoms with Crippen molar-refractivity contribution in [1.82, 2.24) is 0 Å². The molecule has 6 heteroatoms. The van der Waals surface area contributed by atoms with Crippen LogP contribution in [0.15, 0.2) is 48.5 Å². The monoisotopic (exact) mass is 325 g/mol. The first-order valence-corrected chi connectivity index (χ1v) is 7.46. The Morgan fingerprint density at radius 2 is 1.50 bits per heavy atom. The zero-order valence-electron chi connectivity index (χ0n) is 13.6. The highest BCUT2D eigenvalue weighted by Crippen LogP contribution is 2.15. The topological polar surface area (TPSA) is 87.3 Å². The Morgan fingerprint density at radius 1 is 0.833 bits per heavy atom. The first-order chi connectivity index (χ1) is 11.4. The van der Waals surface area contributed by atoms with Crippen molar-refractivity contribution in [2.24, 2.45) is 0 Å². The molecule has 0 bridgehead atoms. The van der Waals surface area contributed by atoms with Crippen LogP contribution in [0.5, 0.6) is 0 Å². The van der Waals surface area contributed by atoms with E-state index >= 15 is 0 Å². The largest absolute Gasteiger partial charge is 0.376 e. The number of benzene rings is 2. The molecule has 0 aliphatic rings. The highest BCUT2D eigenvalue weighted by atomic mass is 16.2. The predicted octanol–water partition coefficient (Wildman–Crippen LogP) is 2.90. The van der Waals surface area contributed by atoms with Gasteiger partial charge in [0, 0.05) is 29.5 Å². The average Bonchev–Trinajstić information content (AvgIpc) is 2.53. The average molecular weight is 325 g/mol. The van der Waals surface area contributed by atoms with Crippen molar-refractivity contribution < 1.29 is 14.4 Å². The zero-order chi connectivity index (χ0) is 17.5. The van der Waals surface area contributed by atoms with Crippen molar-refractivity contribution >= 4 is 34.7 Å². The normalized spacial score (nSPS) is 9.92. The number of carbonyl (C=O) groups excluding carboxylic acids is 3. The van der Waals surface area contributed by atoms with E-state index in [2.05, 4.69) is 16.0 Å². The Kier molecular flexibility index (Phi) is 5.68. The van der Waals surface area contributed by atoms with Gasteiger partial charge in [-0.1, -0.05) is 6.07 Å². The summed E-state index contributed by atoms with van der Waals surface area (Å²) in [5.41, 5.74) is 2.61. The van der Waals surface area contributed by atoms with Crippen LogP contribution >= 0.6 is 0 Å². The number of anilines is 3. The standard InChI is InChI=1S/C18H19N3O3/c1-12(22)14-6-8-15(9-7-14)21-18(24)11-19-16-4-3-5-17(10-16)20-13(2)23/h3-10,19H,11H2,1-2H3,(H,20,23)(H,21,24). The lowest BCUT2D eigenvalue weighted by atomic mass is 10.1. The fourth-order valence-corrected chi connectivity index (χ4v) is 2.09. The lowest BCUT2D eigenvalue weighted by molar-refractivity contribution is -0.115. The molecule has 0 unspecified atom stereocenters. The third-order valence-corrected chi connectivity index (χ3v) is 3.21. The number of rotatable bonds is 6. The van der Waals surface area contributed by atoms with Crippen molar-refractivity contribution in [3.8, 4) is 0 Å². The number of Topliss-reactive ketones (excluding diaryl/α,β-unsaturated/α-hetero) is 1. The quantitative estimate of drug-likeness (QED) is 0.713. The molecule has 0 aliphatic heterocycles. The minimum Gasteiger partial charge on any atom is -0.376 e. The van der Waals surface area contributed by atoms with Gasteiger partial charge in [0.05, 0.1) is 6.54 Å². The van der Waals surface area contributed by atoms with Crippen molar-refractivity contribution in [3.05, 3.63) is 54.1 Å². The van der Waals surface area contributed by atoms with E-state index in [0.717, 1.165) is 5.69 Å². The first kappa shape index (κ1) is 17.2. The minimum absolute atomic E-state index is 0.0198. The fraction of sp³-hybridized carbons (Fsp3) is 0.167. The van der Waals surface area contributed by atoms with Gasteiger partial charge in [-0.05, 0) is 49.4 Å². The van der Waals surface area contributed by atoms with Gasteiger partial charge < -0.3 is 16.0 Å². The molecule has 0 heterocycles. The van der Waals surface area contributed by atoms with Gasteiger partial charge in [0.1, 0.15) is 0 Å². The van der Waals surface area contributed by atoms with Crippen LogP contribution in [-0.4, -0.2) is 24.1 Å². The maximum atomic E-state index is 12.0. The van der Waals surface area contributed by atoms with E-state index in [-0.39, 0.29) is 24.1 Å². The van der Waals surface area contributed by atoms with Gasteiger partial charge in [-0.25, -0.2) is 0 Å². The lowest BCUT2D eigenvalue weighted by Crippen LogP contribution is -2.21. The number of hydrogen-bond donors (Lipinski definition) is 3. The van der Waals surface area contributed by atoms with E-state index in [9.17, 15) is 14.4 Å². The fourth-order valence-electron chi connectivity index (χ4n) is 2.09. The molecular weight excluding hydrogens is 306 g/mol. The zero-order valence-corrected chi connectivity index (χ0v) is 13.6. The highest BCUT2D eigenvalue weighted by molar-refractivity contribution is 5.96. The van der Waals surface area contributed by atoms with Crippen molar-refractivity contribution in [3.63, 3.8) is 0 Å². The molecule has 2 aromatic carbocycles. The molecule has 2 rings (SSSR count). The Hall–Kier alpha value is -3.15. The summed E-state index contributed by atoms with van der Waals surface area (Å²) in [6.45, 7) is 3.01. The molecule has 0 atom stereocenters. The molecule has 0 aromatic heterocycles. The molecule has 0 radical (unpaired) electrons. The van der Waals surface area contributed by atoms with E-state index in [1.807, 2.05) is 0 Å². The third kappa shape index (κ3) is 5.24. The smallest absolute Gasteiger partial charge is 0.243 e. The highest BCUT2D eigenvalue weighted by Gasteiger charge is 2.04. The summed E-state index contributed by atoms with van der Waals surface area (Å²) in [4.78, 5) is 34.2. The van der Waals surface area contributed by atoms with Crippen LogP contribution in [0.25, 0.3) is 0 Å². The van der Waals surface area contributed by atoms with Crippen molar-refractivity contribution in [1.29, 1.82) is 0 Å². The second-order valence-corrected chi connectivity index (χ2v) is 5.30. The number of hydrogen-bond acceptors (Lipinski definition) is 4. The van der Waals surface area contributed by atoms with Gasteiger partial charge in [0.25, 0.3) is 0 Å². The summed E-state index contributed by atoms with van der Waals surface area (Å²) >= 11 is 0. The Balaban J connectivity index is 1.89. The third-order valence-electron chi connectivity index (χ3n) is 3.21. The number of ketones is 1. The summed E-state index contributed by atoms with van der Waals surface area (Å²) < 4.78 is 0. The second-order valence-electron chi connectivity index (χ2n) is 5.30. The van der Waals surface area contributed by atoms with E-state index in [1.54, 1.807) is 48.5 Å². The van der Waals surface area contributed by atoms with Crippen LogP contribution in [0.3, 0.4) is 0 Å². The summed E-state index contributed by atoms with van der Waals surface area (Å²) in [6, 6.07) is 13.8. The van der Waals surface area contributed by atoms with Gasteiger partial charge in [0.2, 0.25) is 11.8 Å². The molecule has 3 N–H and O–H groups in total. The van der Waals surface area contributed by atoms with E-state index in [4.69, 9.17) is 0 Å². The Labute approximate surface area is 140 Å². The molecular formula is C18H19N3O3. The van der Waals surface area contributed by atoms with Crippen LogP contribution in [0, 0.1) is 0 Å². The number of carbonyl (C=O) groups is 3. The molecule has 0 saturated heterocycles. The van der Waals surface area contributed by atoms with Gasteiger partial charge in [-0.15, -0.1) is 0 Å². The molecule has 6 nitrogen and oxygen atoms in total. The van der Waals surface area contributed by atoms with E-state index < -0.39 is 0 Å². The van der Waals surface area contributed by atoms with Gasteiger partial charge >= 0.3 is 0 Å². The predicted molar refractivity (Wildman–Crippen MR) is 94.3 cm³/mol. The summed E-state index contributed by atoms with van der Waals surface area (Å²) in [7, 11) is 0. The lowest BCUT2D eigenvalue weighted by Gasteiger charge is -2.09. The maximum absolute atomic E-state index is 12.0. The van der Waals surface area contributed by atoms with Crippen molar-refractivity contribution in [2.45, 2.75) is 13.8 Å². The molecule has 0 saturated carbocycles. The number of nitrogens with one attached hydrogen (secondary N) is 3. The minimum atomic E-state index is -0.212. The molecule has 24 heavy (non-hydrogen) atoms. The van der Waals surface area contributed by atoms with E-state index in [0.29, 0.717) is 16.9 Å². The van der Waals surface area contributed by atoms with Crippen LogP contribution in [0.2, 0.25) is 0 Å². The summed E-state index contributed by atoms with van der Waals surface area (Å²) in [5, 5.41) is 8.41. The van der Waals surface area contributed by atoms with Crippen LogP contribution in [0.4, 0.5) is 17.1 Å². The first-order valence-electron chi connectivity index (χ1n) is 7.46. The SMILES string of the molecule is CC(=O)Nc1cccc(NCC(=O)Nc2ccc(C(C)=O)cc2)c1. The maximum Gasteiger partial charge on any atom is 0.243 e. The Bertz CT molecular complexity index is 754. The molecule has 0 spiro atoms. The molecule has 0 aliphatic carbocycles. The van der Waals surface area contributed by atoms with Crippen molar-refractivity contribution in [2.75, 3.05) is 22.5 Å². The summed E-state index contributed by atoms with van der Waals surface area (Å²) in [6.07, 6.45) is 0. The summed E-state index contributed by atoms with van der Waals surface area (Å²) in [5.74, 6) is -0.386. The van der Waals surface area contributed by atoms with Gasteiger partial charge in [-0.2, -0.15) is 0 Å². The van der Waals surface area contributed by atoms with Crippen LogP contribution in [-0.2, 0) is 9.59 Å². The second kappa shape index (κ2) is 7.92. The molecule has 2 aromatic rings. The molecule has 124 valence electrons. The molecule has 2 amide bonds. The molecule has 0 fully saturated rings. The van der Waals surface area contributed by atoms with Crippen LogP contribution in [0.1, 0.15) is 24.2 Å². The van der Waals surface area contributed by atoms with Gasteiger partial charge in [-0.3, -0.25) is 14.4 Å². The Morgan fingerprint density at radius 3 is 2.12 bits per heavy atom. The van der Waals surface area contributed by atoms with Gasteiger partial charge in [0.15, 0.2) is 5.78 Å². The van der Waals surface area contributed by atoms with Crippen LogP contribution < -0.4 is 16.0 Å². The van der Waals surface area contributed by atoms with E-state index in [1.165, 1.54) is 13.8 Å². The number of amides is 2.